The van der Waals surface area contributed by atoms with E-state index in [1.165, 1.54) is 0 Å². The molecule has 2 aromatic rings. The van der Waals surface area contributed by atoms with Gasteiger partial charge in [-0.05, 0) is 30.5 Å². The lowest BCUT2D eigenvalue weighted by atomic mass is 9.91. The predicted molar refractivity (Wildman–Crippen MR) is 134 cm³/mol. The topological polar surface area (TPSA) is 66.9 Å². The summed E-state index contributed by atoms with van der Waals surface area (Å²) in [5.41, 5.74) is 1.47. The Hall–Kier alpha value is -2.80. The third-order valence-electron chi connectivity index (χ3n) is 6.38. The molecule has 2 aliphatic rings. The highest BCUT2D eigenvalue weighted by atomic mass is 32.2. The van der Waals surface area contributed by atoms with Crippen molar-refractivity contribution in [2.45, 2.75) is 44.6 Å². The first-order valence-corrected chi connectivity index (χ1v) is 12.8. The standard InChI is InChI=1S/C27H32N2O4S/c1-27(2,3)26(32)28-15-13-20(14-16-28)25(31)33-17-24(30)29-21-11-7-8-12-23(21)34-18-22(29)19-9-5-4-6-10-19/h4-12,20,22H,13-18H2,1-3H3. The number of benzene rings is 2. The Balaban J connectivity index is 1.40. The molecule has 0 saturated carbocycles. The summed E-state index contributed by atoms with van der Waals surface area (Å²) in [6.07, 6.45) is 1.12. The van der Waals surface area contributed by atoms with Crippen LogP contribution < -0.4 is 4.90 Å². The van der Waals surface area contributed by atoms with Crippen molar-refractivity contribution in [2.75, 3.05) is 30.3 Å². The number of likely N-dealkylation sites (tertiary alicyclic amines) is 1. The number of thioether (sulfide) groups is 1. The summed E-state index contributed by atoms with van der Waals surface area (Å²) < 4.78 is 5.52. The van der Waals surface area contributed by atoms with Crippen LogP contribution in [0.5, 0.6) is 0 Å². The molecule has 2 aliphatic heterocycles. The number of ether oxygens (including phenoxy) is 1. The molecule has 180 valence electrons. The maximum atomic E-state index is 13.4. The monoisotopic (exact) mass is 480 g/mol. The molecular formula is C27H32N2O4S. The van der Waals surface area contributed by atoms with E-state index in [4.69, 9.17) is 4.74 Å². The zero-order valence-corrected chi connectivity index (χ0v) is 20.8. The molecule has 2 heterocycles. The average Bonchev–Trinajstić information content (AvgIpc) is 2.86. The van der Waals surface area contributed by atoms with Crippen molar-refractivity contribution in [1.82, 2.24) is 4.90 Å². The number of hydrogen-bond acceptors (Lipinski definition) is 5. The molecule has 1 unspecified atom stereocenters. The van der Waals surface area contributed by atoms with Crippen molar-refractivity contribution in [3.05, 3.63) is 60.2 Å². The number of fused-ring (bicyclic) bond motifs is 1. The van der Waals surface area contributed by atoms with E-state index in [1.807, 2.05) is 80.3 Å². The Morgan fingerprint density at radius 2 is 1.62 bits per heavy atom. The SMILES string of the molecule is CC(C)(C)C(=O)N1CCC(C(=O)OCC(=O)N2c3ccccc3SCC2c2ccccc2)CC1. The molecule has 6 nitrogen and oxygen atoms in total. The minimum Gasteiger partial charge on any atom is -0.455 e. The number of carbonyl (C=O) groups excluding carboxylic acids is 3. The van der Waals surface area contributed by atoms with E-state index in [-0.39, 0.29) is 36.4 Å². The quantitative estimate of drug-likeness (QED) is 0.594. The predicted octanol–water partition coefficient (Wildman–Crippen LogP) is 4.69. The molecule has 2 aromatic carbocycles. The molecule has 2 amide bonds. The van der Waals surface area contributed by atoms with Gasteiger partial charge in [0.15, 0.2) is 6.61 Å². The minimum atomic E-state index is -0.432. The molecule has 7 heteroatoms. The van der Waals surface area contributed by atoms with Crippen molar-refractivity contribution >= 4 is 35.2 Å². The number of nitrogens with zero attached hydrogens (tertiary/aromatic N) is 2. The first-order valence-electron chi connectivity index (χ1n) is 11.8. The summed E-state index contributed by atoms with van der Waals surface area (Å²) in [7, 11) is 0. The van der Waals surface area contributed by atoms with Gasteiger partial charge in [-0.1, -0.05) is 63.2 Å². The van der Waals surface area contributed by atoms with E-state index in [2.05, 4.69) is 0 Å². The maximum Gasteiger partial charge on any atom is 0.309 e. The van der Waals surface area contributed by atoms with E-state index in [9.17, 15) is 14.4 Å². The highest BCUT2D eigenvalue weighted by Crippen LogP contribution is 2.43. The van der Waals surface area contributed by atoms with Gasteiger partial charge in [-0.15, -0.1) is 11.8 Å². The van der Waals surface area contributed by atoms with E-state index in [0.29, 0.717) is 25.9 Å². The van der Waals surface area contributed by atoms with Gasteiger partial charge in [-0.3, -0.25) is 19.3 Å². The summed E-state index contributed by atoms with van der Waals surface area (Å²) in [5.74, 6) is -0.0301. The normalized spacial score (nSPS) is 18.9. The molecule has 0 aromatic heterocycles. The molecule has 0 N–H and O–H groups in total. The van der Waals surface area contributed by atoms with Crippen LogP contribution in [0.3, 0.4) is 0 Å². The fourth-order valence-corrected chi connectivity index (χ4v) is 5.70. The largest absolute Gasteiger partial charge is 0.455 e. The fourth-order valence-electron chi connectivity index (χ4n) is 4.53. The first-order chi connectivity index (χ1) is 16.3. The van der Waals surface area contributed by atoms with Crippen LogP contribution in [0.25, 0.3) is 0 Å². The molecule has 0 radical (unpaired) electrons. The van der Waals surface area contributed by atoms with Crippen LogP contribution >= 0.6 is 11.8 Å². The summed E-state index contributed by atoms with van der Waals surface area (Å²) in [6, 6.07) is 17.7. The third kappa shape index (κ3) is 5.30. The zero-order valence-electron chi connectivity index (χ0n) is 20.0. The summed E-state index contributed by atoms with van der Waals surface area (Å²) in [6.45, 7) is 6.50. The second-order valence-electron chi connectivity index (χ2n) is 9.89. The Labute approximate surface area is 205 Å². The van der Waals surface area contributed by atoms with Crippen molar-refractivity contribution < 1.29 is 19.1 Å². The summed E-state index contributed by atoms with van der Waals surface area (Å²) in [5, 5.41) is 0. The number of esters is 1. The Morgan fingerprint density at radius 3 is 2.29 bits per heavy atom. The van der Waals surface area contributed by atoms with Gasteiger partial charge in [-0.2, -0.15) is 0 Å². The maximum absolute atomic E-state index is 13.4. The van der Waals surface area contributed by atoms with Crippen molar-refractivity contribution in [1.29, 1.82) is 0 Å². The smallest absolute Gasteiger partial charge is 0.309 e. The van der Waals surface area contributed by atoms with Crippen LogP contribution in [0.1, 0.15) is 45.2 Å². The lowest BCUT2D eigenvalue weighted by Crippen LogP contribution is -2.46. The van der Waals surface area contributed by atoms with Crippen LogP contribution in [-0.2, 0) is 19.1 Å². The molecule has 0 spiro atoms. The Bertz CT molecular complexity index is 1040. The lowest BCUT2D eigenvalue weighted by Gasteiger charge is -2.37. The van der Waals surface area contributed by atoms with Crippen LogP contribution in [0, 0.1) is 11.3 Å². The molecular weight excluding hydrogens is 448 g/mol. The average molecular weight is 481 g/mol. The van der Waals surface area contributed by atoms with Gasteiger partial charge in [0.2, 0.25) is 5.91 Å². The summed E-state index contributed by atoms with van der Waals surface area (Å²) >= 11 is 1.73. The van der Waals surface area contributed by atoms with E-state index in [1.54, 1.807) is 16.7 Å². The highest BCUT2D eigenvalue weighted by molar-refractivity contribution is 7.99. The van der Waals surface area contributed by atoms with Gasteiger partial charge in [0.1, 0.15) is 0 Å². The van der Waals surface area contributed by atoms with Crippen LogP contribution in [-0.4, -0.2) is 48.1 Å². The number of anilines is 1. The van der Waals surface area contributed by atoms with Gasteiger partial charge in [0.25, 0.3) is 5.91 Å². The van der Waals surface area contributed by atoms with E-state index in [0.717, 1.165) is 21.9 Å². The third-order valence-corrected chi connectivity index (χ3v) is 7.52. The van der Waals surface area contributed by atoms with Crippen molar-refractivity contribution in [3.8, 4) is 0 Å². The van der Waals surface area contributed by atoms with E-state index < -0.39 is 5.41 Å². The highest BCUT2D eigenvalue weighted by Gasteiger charge is 2.35. The Kier molecular flexibility index (Phi) is 7.31. The van der Waals surface area contributed by atoms with Crippen molar-refractivity contribution in [2.24, 2.45) is 11.3 Å². The van der Waals surface area contributed by atoms with Gasteiger partial charge in [0, 0.05) is 29.2 Å². The van der Waals surface area contributed by atoms with Gasteiger partial charge in [-0.25, -0.2) is 0 Å². The fraction of sp³-hybridized carbons (Fsp3) is 0.444. The number of piperidine rings is 1. The molecule has 4 rings (SSSR count). The number of para-hydroxylation sites is 1. The van der Waals surface area contributed by atoms with Gasteiger partial charge < -0.3 is 9.64 Å². The van der Waals surface area contributed by atoms with Crippen LogP contribution in [0.2, 0.25) is 0 Å². The number of amides is 2. The zero-order chi connectivity index (χ0) is 24.3. The molecule has 1 atom stereocenters. The molecule has 0 bridgehead atoms. The molecule has 0 aliphatic carbocycles. The van der Waals surface area contributed by atoms with Gasteiger partial charge in [0.05, 0.1) is 17.6 Å². The second kappa shape index (κ2) is 10.2. The summed E-state index contributed by atoms with van der Waals surface area (Å²) in [4.78, 5) is 43.3. The van der Waals surface area contributed by atoms with Gasteiger partial charge >= 0.3 is 5.97 Å². The molecule has 1 fully saturated rings. The second-order valence-corrected chi connectivity index (χ2v) is 11.0. The first kappa shape index (κ1) is 24.3. The lowest BCUT2D eigenvalue weighted by molar-refractivity contribution is -0.155. The number of rotatable bonds is 4. The van der Waals surface area contributed by atoms with Crippen LogP contribution in [0.4, 0.5) is 5.69 Å². The number of carbonyl (C=O) groups is 3. The van der Waals surface area contributed by atoms with Crippen molar-refractivity contribution in [3.63, 3.8) is 0 Å². The number of hydrogen-bond donors (Lipinski definition) is 0. The molecule has 1 saturated heterocycles. The van der Waals surface area contributed by atoms with E-state index >= 15 is 0 Å². The van der Waals surface area contributed by atoms with Crippen LogP contribution in [0.15, 0.2) is 59.5 Å². The minimum absolute atomic E-state index is 0.100. The Morgan fingerprint density at radius 1 is 0.971 bits per heavy atom. The molecule has 34 heavy (non-hydrogen) atoms.